The maximum Gasteiger partial charge on any atom is 0.0643 e. The van der Waals surface area contributed by atoms with Gasteiger partial charge in [-0.3, -0.25) is 4.68 Å². The van der Waals surface area contributed by atoms with Gasteiger partial charge in [0.05, 0.1) is 5.69 Å². The first-order valence-corrected chi connectivity index (χ1v) is 6.42. The van der Waals surface area contributed by atoms with Gasteiger partial charge in [0.25, 0.3) is 0 Å². The van der Waals surface area contributed by atoms with Crippen LogP contribution in [0.25, 0.3) is 0 Å². The van der Waals surface area contributed by atoms with Gasteiger partial charge in [-0.25, -0.2) is 0 Å². The molecule has 1 atom stereocenters. The molecule has 1 unspecified atom stereocenters. The van der Waals surface area contributed by atoms with Crippen molar-refractivity contribution in [2.75, 3.05) is 0 Å². The van der Waals surface area contributed by atoms with E-state index in [1.165, 1.54) is 11.1 Å². The molecule has 1 aromatic carbocycles. The Morgan fingerprint density at radius 3 is 2.39 bits per heavy atom. The number of hydrogen-bond acceptors (Lipinski definition) is 2. The van der Waals surface area contributed by atoms with Gasteiger partial charge in [-0.2, -0.15) is 5.10 Å². The van der Waals surface area contributed by atoms with Gasteiger partial charge in [0.2, 0.25) is 0 Å². The van der Waals surface area contributed by atoms with E-state index in [1.807, 2.05) is 16.9 Å². The first-order chi connectivity index (χ1) is 8.56. The van der Waals surface area contributed by atoms with Crippen molar-refractivity contribution in [2.24, 2.45) is 5.73 Å². The van der Waals surface area contributed by atoms with Gasteiger partial charge in [-0.15, -0.1) is 0 Å². The fourth-order valence-corrected chi connectivity index (χ4v) is 1.93. The summed E-state index contributed by atoms with van der Waals surface area (Å²) in [6.07, 6.45) is 2.80. The highest BCUT2D eigenvalue weighted by molar-refractivity contribution is 5.24. The second kappa shape index (κ2) is 5.36. The van der Waals surface area contributed by atoms with Crippen molar-refractivity contribution in [3.63, 3.8) is 0 Å². The van der Waals surface area contributed by atoms with Crippen LogP contribution in [0, 0.1) is 6.92 Å². The lowest BCUT2D eigenvalue weighted by atomic mass is 10.0. The van der Waals surface area contributed by atoms with Crippen molar-refractivity contribution >= 4 is 0 Å². The van der Waals surface area contributed by atoms with Crippen LogP contribution in [-0.2, 0) is 6.42 Å². The summed E-state index contributed by atoms with van der Waals surface area (Å²) < 4.78 is 1.97. The monoisotopic (exact) mass is 243 g/mol. The highest BCUT2D eigenvalue weighted by Gasteiger charge is 2.09. The number of nitrogens with zero attached hydrogens (tertiary/aromatic N) is 2. The Bertz CT molecular complexity index is 497. The van der Waals surface area contributed by atoms with Gasteiger partial charge < -0.3 is 5.73 Å². The molecule has 0 bridgehead atoms. The molecule has 2 aromatic rings. The molecule has 0 amide bonds. The summed E-state index contributed by atoms with van der Waals surface area (Å²) in [5.41, 5.74) is 9.69. The largest absolute Gasteiger partial charge is 0.324 e. The smallest absolute Gasteiger partial charge is 0.0643 e. The Hall–Kier alpha value is -1.61. The molecule has 0 aliphatic rings. The van der Waals surface area contributed by atoms with E-state index in [4.69, 9.17) is 5.73 Å². The molecule has 0 fully saturated rings. The van der Waals surface area contributed by atoms with E-state index in [2.05, 4.69) is 50.1 Å². The Kier molecular flexibility index (Phi) is 3.82. The average Bonchev–Trinajstić information content (AvgIpc) is 2.78. The van der Waals surface area contributed by atoms with Crippen LogP contribution in [0.3, 0.4) is 0 Å². The minimum atomic E-state index is 0.0149. The lowest BCUT2D eigenvalue weighted by Crippen LogP contribution is -2.14. The van der Waals surface area contributed by atoms with Gasteiger partial charge >= 0.3 is 0 Å². The highest BCUT2D eigenvalue weighted by atomic mass is 15.3. The number of nitrogens with two attached hydrogens (primary N) is 1. The molecule has 0 aliphatic heterocycles. The summed E-state index contributed by atoms with van der Waals surface area (Å²) in [5, 5.41) is 4.53. The number of aromatic nitrogens is 2. The highest BCUT2D eigenvalue weighted by Crippen LogP contribution is 2.16. The predicted octanol–water partition coefficient (Wildman–Crippen LogP) is 3.01. The van der Waals surface area contributed by atoms with Crippen molar-refractivity contribution in [2.45, 2.75) is 39.3 Å². The third-order valence-corrected chi connectivity index (χ3v) is 3.13. The molecule has 3 heteroatoms. The lowest BCUT2D eigenvalue weighted by Gasteiger charge is -2.11. The quantitative estimate of drug-likeness (QED) is 0.897. The van der Waals surface area contributed by atoms with Gasteiger partial charge in [0.1, 0.15) is 0 Å². The van der Waals surface area contributed by atoms with E-state index in [0.717, 1.165) is 12.1 Å². The zero-order valence-electron chi connectivity index (χ0n) is 11.3. The molecule has 0 saturated carbocycles. The van der Waals surface area contributed by atoms with Crippen LogP contribution in [0.15, 0.2) is 36.5 Å². The van der Waals surface area contributed by atoms with Crippen LogP contribution in [-0.4, -0.2) is 9.78 Å². The molecule has 2 rings (SSSR count). The van der Waals surface area contributed by atoms with E-state index in [9.17, 15) is 0 Å². The molecule has 0 saturated heterocycles. The van der Waals surface area contributed by atoms with Gasteiger partial charge in [0, 0.05) is 24.7 Å². The molecule has 0 aliphatic carbocycles. The Morgan fingerprint density at radius 2 is 1.83 bits per heavy atom. The molecule has 2 N–H and O–H groups in total. The van der Waals surface area contributed by atoms with Crippen LogP contribution < -0.4 is 5.73 Å². The van der Waals surface area contributed by atoms with Crippen LogP contribution >= 0.6 is 0 Å². The number of hydrogen-bond donors (Lipinski definition) is 1. The molecule has 96 valence electrons. The Balaban J connectivity index is 2.06. The molecule has 0 spiro atoms. The van der Waals surface area contributed by atoms with Crippen molar-refractivity contribution in [1.82, 2.24) is 9.78 Å². The first kappa shape index (κ1) is 12.8. The van der Waals surface area contributed by atoms with E-state index in [0.29, 0.717) is 6.04 Å². The maximum absolute atomic E-state index is 6.21. The van der Waals surface area contributed by atoms with Crippen molar-refractivity contribution in [1.29, 1.82) is 0 Å². The summed E-state index contributed by atoms with van der Waals surface area (Å²) in [6.45, 7) is 6.33. The average molecular weight is 243 g/mol. The zero-order valence-corrected chi connectivity index (χ0v) is 11.3. The topological polar surface area (TPSA) is 43.8 Å². The van der Waals surface area contributed by atoms with E-state index < -0.39 is 0 Å². The third kappa shape index (κ3) is 2.99. The van der Waals surface area contributed by atoms with E-state index in [1.54, 1.807) is 0 Å². The Morgan fingerprint density at radius 1 is 1.17 bits per heavy atom. The van der Waals surface area contributed by atoms with Crippen LogP contribution in [0.4, 0.5) is 0 Å². The van der Waals surface area contributed by atoms with Crippen molar-refractivity contribution in [3.05, 3.63) is 53.3 Å². The number of rotatable bonds is 4. The minimum Gasteiger partial charge on any atom is -0.324 e. The van der Waals surface area contributed by atoms with Crippen molar-refractivity contribution < 1.29 is 0 Å². The van der Waals surface area contributed by atoms with Crippen LogP contribution in [0.5, 0.6) is 0 Å². The summed E-state index contributed by atoms with van der Waals surface area (Å²) in [5.74, 6) is 0. The standard InChI is InChI=1S/C15H21N3/c1-11(2)18-9-8-14(17-18)10-15(16)13-6-4-12(3)5-7-13/h4-9,11,15H,10,16H2,1-3H3. The predicted molar refractivity (Wildman–Crippen MR) is 74.4 cm³/mol. The van der Waals surface area contributed by atoms with E-state index >= 15 is 0 Å². The van der Waals surface area contributed by atoms with Crippen LogP contribution in [0.2, 0.25) is 0 Å². The second-order valence-electron chi connectivity index (χ2n) is 5.10. The molecular weight excluding hydrogens is 222 g/mol. The molecule has 1 heterocycles. The molecule has 3 nitrogen and oxygen atoms in total. The van der Waals surface area contributed by atoms with Gasteiger partial charge in [-0.1, -0.05) is 29.8 Å². The maximum atomic E-state index is 6.21. The zero-order chi connectivity index (χ0) is 13.1. The van der Waals surface area contributed by atoms with Gasteiger partial charge in [0.15, 0.2) is 0 Å². The molecule has 1 aromatic heterocycles. The molecule has 0 radical (unpaired) electrons. The molecular formula is C15H21N3. The van der Waals surface area contributed by atoms with Crippen LogP contribution in [0.1, 0.15) is 42.8 Å². The summed E-state index contributed by atoms with van der Waals surface area (Å²) in [4.78, 5) is 0. The molecule has 18 heavy (non-hydrogen) atoms. The number of benzene rings is 1. The minimum absolute atomic E-state index is 0.0149. The number of aryl methyl sites for hydroxylation is 1. The third-order valence-electron chi connectivity index (χ3n) is 3.13. The fraction of sp³-hybridized carbons (Fsp3) is 0.400. The van der Waals surface area contributed by atoms with E-state index in [-0.39, 0.29) is 6.04 Å². The SMILES string of the molecule is Cc1ccc(C(N)Cc2ccn(C(C)C)n2)cc1. The normalized spacial score (nSPS) is 12.9. The van der Waals surface area contributed by atoms with Gasteiger partial charge in [-0.05, 0) is 32.4 Å². The first-order valence-electron chi connectivity index (χ1n) is 6.42. The fourth-order valence-electron chi connectivity index (χ4n) is 1.93. The summed E-state index contributed by atoms with van der Waals surface area (Å²) in [6, 6.07) is 10.9. The Labute approximate surface area is 109 Å². The summed E-state index contributed by atoms with van der Waals surface area (Å²) >= 11 is 0. The lowest BCUT2D eigenvalue weighted by molar-refractivity contribution is 0.522. The summed E-state index contributed by atoms with van der Waals surface area (Å²) in [7, 11) is 0. The van der Waals surface area contributed by atoms with Crippen molar-refractivity contribution in [3.8, 4) is 0 Å². The second-order valence-corrected chi connectivity index (χ2v) is 5.10.